The largest absolute Gasteiger partial charge is 0.491 e. The summed E-state index contributed by atoms with van der Waals surface area (Å²) in [6, 6.07) is 6.80. The molecule has 0 aliphatic carbocycles. The summed E-state index contributed by atoms with van der Waals surface area (Å²) in [4.78, 5) is 34.8. The van der Waals surface area contributed by atoms with Gasteiger partial charge < -0.3 is 20.7 Å². The zero-order valence-corrected chi connectivity index (χ0v) is 18.1. The number of rotatable bonds is 11. The number of amides is 2. The molecule has 3 N–H and O–H groups in total. The first-order valence-corrected chi connectivity index (χ1v) is 10.8. The second-order valence-corrected chi connectivity index (χ2v) is 8.11. The van der Waals surface area contributed by atoms with Crippen LogP contribution in [0.1, 0.15) is 57.4 Å². The lowest BCUT2D eigenvalue weighted by molar-refractivity contribution is -0.202. The molecule has 0 spiro atoms. The predicted octanol–water partition coefficient (Wildman–Crippen LogP) is 4.08. The minimum atomic E-state index is -5.26. The number of unbranched alkanes of at least 4 members (excludes halogenated alkanes) is 5. The van der Waals surface area contributed by atoms with Gasteiger partial charge in [0.05, 0.1) is 12.0 Å². The summed E-state index contributed by atoms with van der Waals surface area (Å²) in [6.45, 7) is 2.51. The lowest BCUT2D eigenvalue weighted by Crippen LogP contribution is -2.70. The molecule has 1 fully saturated rings. The van der Waals surface area contributed by atoms with Crippen LogP contribution in [0.5, 0.6) is 0 Å². The molecule has 0 bridgehead atoms. The Bertz CT molecular complexity index is 778. The molecule has 0 atom stereocenters. The molecular formula is C22H30F3N3O4. The van der Waals surface area contributed by atoms with E-state index in [1.807, 2.05) is 12.1 Å². The molecule has 32 heavy (non-hydrogen) atoms. The SMILES string of the molecule is CCCCCCCCc1ccc(NC(=O)NC2(CC(=O)OC(=O)C(F)(F)F)CNC2)cc1. The molecule has 1 saturated heterocycles. The van der Waals surface area contributed by atoms with Crippen LogP contribution >= 0.6 is 0 Å². The van der Waals surface area contributed by atoms with Crippen LogP contribution in [0.25, 0.3) is 0 Å². The smallest absolute Gasteiger partial charge is 0.386 e. The van der Waals surface area contributed by atoms with Crippen molar-refractivity contribution in [3.63, 3.8) is 0 Å². The summed E-state index contributed by atoms with van der Waals surface area (Å²) in [5.41, 5.74) is 0.597. The summed E-state index contributed by atoms with van der Waals surface area (Å²) in [7, 11) is 0. The van der Waals surface area contributed by atoms with Crippen LogP contribution in [0.3, 0.4) is 0 Å². The Morgan fingerprint density at radius 3 is 2.22 bits per heavy atom. The molecule has 7 nitrogen and oxygen atoms in total. The molecule has 1 heterocycles. The van der Waals surface area contributed by atoms with Crippen LogP contribution in [-0.4, -0.2) is 42.8 Å². The zero-order chi connectivity index (χ0) is 23.6. The normalized spacial score (nSPS) is 14.9. The van der Waals surface area contributed by atoms with Crippen LogP contribution < -0.4 is 16.0 Å². The third-order valence-electron chi connectivity index (χ3n) is 5.26. The highest BCUT2D eigenvalue weighted by molar-refractivity contribution is 5.92. The first kappa shape index (κ1) is 25.6. The number of benzene rings is 1. The number of hydrogen-bond donors (Lipinski definition) is 3. The second kappa shape index (κ2) is 11.8. The van der Waals surface area contributed by atoms with Gasteiger partial charge in [-0.25, -0.2) is 9.59 Å². The van der Waals surface area contributed by atoms with Gasteiger partial charge in [0, 0.05) is 18.8 Å². The number of halogens is 3. The van der Waals surface area contributed by atoms with Gasteiger partial charge in [0.1, 0.15) is 0 Å². The maximum atomic E-state index is 12.3. The van der Waals surface area contributed by atoms with E-state index >= 15 is 0 Å². The van der Waals surface area contributed by atoms with Crippen molar-refractivity contribution in [1.82, 2.24) is 10.6 Å². The Morgan fingerprint density at radius 1 is 1.03 bits per heavy atom. The standard InChI is InChI=1S/C22H30F3N3O4/c1-2-3-4-5-6-7-8-16-9-11-17(12-10-16)27-20(31)28-21(14-26-15-21)13-18(29)32-19(30)22(23,24)25/h9-12,26H,2-8,13-15H2,1H3,(H2,27,28,31). The Labute approximate surface area is 185 Å². The zero-order valence-electron chi connectivity index (χ0n) is 18.1. The van der Waals surface area contributed by atoms with Crippen LogP contribution in [0.2, 0.25) is 0 Å². The summed E-state index contributed by atoms with van der Waals surface area (Å²) in [6.07, 6.45) is 2.44. The van der Waals surface area contributed by atoms with Crippen molar-refractivity contribution in [2.75, 3.05) is 18.4 Å². The van der Waals surface area contributed by atoms with E-state index in [0.29, 0.717) is 5.69 Å². The lowest BCUT2D eigenvalue weighted by atomic mass is 9.88. The molecule has 0 aromatic heterocycles. The summed E-state index contributed by atoms with van der Waals surface area (Å²) >= 11 is 0. The number of esters is 2. The number of aryl methyl sites for hydroxylation is 1. The van der Waals surface area contributed by atoms with Crippen molar-refractivity contribution in [3.8, 4) is 0 Å². The molecule has 0 saturated carbocycles. The number of nitrogens with one attached hydrogen (secondary N) is 3. The molecule has 0 radical (unpaired) electrons. The molecule has 2 amide bonds. The summed E-state index contributed by atoms with van der Waals surface area (Å²) in [5.74, 6) is -3.93. The Balaban J connectivity index is 1.78. The number of urea groups is 1. The Hall–Kier alpha value is -2.62. The van der Waals surface area contributed by atoms with Crippen LogP contribution in [0, 0.1) is 0 Å². The average molecular weight is 457 g/mol. The van der Waals surface area contributed by atoms with Gasteiger partial charge in [-0.15, -0.1) is 0 Å². The minimum absolute atomic E-state index is 0.160. The van der Waals surface area contributed by atoms with Gasteiger partial charge in [-0.05, 0) is 30.5 Å². The summed E-state index contributed by atoms with van der Waals surface area (Å²) < 4.78 is 40.5. The molecule has 0 unspecified atom stereocenters. The van der Waals surface area contributed by atoms with E-state index in [0.717, 1.165) is 12.8 Å². The molecule has 10 heteroatoms. The predicted molar refractivity (Wildman–Crippen MR) is 113 cm³/mol. The highest BCUT2D eigenvalue weighted by Gasteiger charge is 2.45. The molecule has 1 aromatic rings. The molecule has 1 aliphatic heterocycles. The van der Waals surface area contributed by atoms with Crippen molar-refractivity contribution in [1.29, 1.82) is 0 Å². The van der Waals surface area contributed by atoms with Crippen LogP contribution in [0.15, 0.2) is 24.3 Å². The maximum absolute atomic E-state index is 12.3. The van der Waals surface area contributed by atoms with Gasteiger partial charge in [0.25, 0.3) is 0 Å². The van der Waals surface area contributed by atoms with Gasteiger partial charge in [0.15, 0.2) is 0 Å². The molecule has 2 rings (SSSR count). The third kappa shape index (κ3) is 8.49. The highest BCUT2D eigenvalue weighted by atomic mass is 19.4. The van der Waals surface area contributed by atoms with Gasteiger partial charge in [-0.3, -0.25) is 4.79 Å². The molecule has 1 aromatic carbocycles. The number of carbonyl (C=O) groups is 3. The maximum Gasteiger partial charge on any atom is 0.491 e. The van der Waals surface area contributed by atoms with Crippen molar-refractivity contribution >= 4 is 23.7 Å². The van der Waals surface area contributed by atoms with E-state index in [1.54, 1.807) is 12.1 Å². The Kier molecular flexibility index (Phi) is 9.49. The lowest BCUT2D eigenvalue weighted by Gasteiger charge is -2.42. The third-order valence-corrected chi connectivity index (χ3v) is 5.26. The number of carbonyl (C=O) groups excluding carboxylic acids is 3. The first-order valence-electron chi connectivity index (χ1n) is 10.8. The number of hydrogen-bond acceptors (Lipinski definition) is 5. The van der Waals surface area contributed by atoms with Gasteiger partial charge >= 0.3 is 24.1 Å². The van der Waals surface area contributed by atoms with E-state index < -0.39 is 36.1 Å². The summed E-state index contributed by atoms with van der Waals surface area (Å²) in [5, 5.41) is 8.08. The Morgan fingerprint density at radius 2 is 1.66 bits per heavy atom. The van der Waals surface area contributed by atoms with Crippen molar-refractivity contribution < 1.29 is 32.3 Å². The van der Waals surface area contributed by atoms with Crippen LogP contribution in [0.4, 0.5) is 23.7 Å². The van der Waals surface area contributed by atoms with Gasteiger partial charge in [0.2, 0.25) is 0 Å². The monoisotopic (exact) mass is 457 g/mol. The highest BCUT2D eigenvalue weighted by Crippen LogP contribution is 2.21. The van der Waals surface area contributed by atoms with Gasteiger partial charge in [-0.1, -0.05) is 51.2 Å². The topological polar surface area (TPSA) is 96.5 Å². The second-order valence-electron chi connectivity index (χ2n) is 8.11. The van der Waals surface area contributed by atoms with Crippen molar-refractivity contribution in [2.24, 2.45) is 0 Å². The molecular weight excluding hydrogens is 427 g/mol. The fourth-order valence-corrected chi connectivity index (χ4v) is 3.43. The quantitative estimate of drug-likeness (QED) is 0.264. The van der Waals surface area contributed by atoms with E-state index in [4.69, 9.17) is 0 Å². The number of alkyl halides is 3. The van der Waals surface area contributed by atoms with E-state index in [9.17, 15) is 27.6 Å². The van der Waals surface area contributed by atoms with E-state index in [2.05, 4.69) is 27.6 Å². The van der Waals surface area contributed by atoms with E-state index in [1.165, 1.54) is 37.7 Å². The van der Waals surface area contributed by atoms with Crippen molar-refractivity contribution in [2.45, 2.75) is 70.0 Å². The van der Waals surface area contributed by atoms with Crippen molar-refractivity contribution in [3.05, 3.63) is 29.8 Å². The number of anilines is 1. The fourth-order valence-electron chi connectivity index (χ4n) is 3.43. The fraction of sp³-hybridized carbons (Fsp3) is 0.591. The van der Waals surface area contributed by atoms with Gasteiger partial charge in [-0.2, -0.15) is 13.2 Å². The molecule has 1 aliphatic rings. The van der Waals surface area contributed by atoms with Crippen LogP contribution in [-0.2, 0) is 20.7 Å². The average Bonchev–Trinajstić information content (AvgIpc) is 2.69. The minimum Gasteiger partial charge on any atom is -0.386 e. The number of ether oxygens (including phenoxy) is 1. The first-order chi connectivity index (χ1) is 15.1. The van der Waals surface area contributed by atoms with E-state index in [-0.39, 0.29) is 13.1 Å². The molecule has 178 valence electrons.